The molecule has 0 saturated carbocycles. The SMILES string of the molecule is C[C@@]12CCCN1C(=O)N(C1CCN(Cc3ccncc3)CC1)C2=O. The third-order valence-corrected chi connectivity index (χ3v) is 5.84. The predicted molar refractivity (Wildman–Crippen MR) is 89.1 cm³/mol. The van der Waals surface area contributed by atoms with Crippen molar-refractivity contribution in [3.8, 4) is 0 Å². The largest absolute Gasteiger partial charge is 0.327 e. The third kappa shape index (κ3) is 2.40. The van der Waals surface area contributed by atoms with Gasteiger partial charge in [0.15, 0.2) is 0 Å². The van der Waals surface area contributed by atoms with E-state index in [0.717, 1.165) is 51.9 Å². The van der Waals surface area contributed by atoms with Gasteiger partial charge in [-0.2, -0.15) is 0 Å². The summed E-state index contributed by atoms with van der Waals surface area (Å²) < 4.78 is 0. The Hall–Kier alpha value is -1.95. The predicted octanol–water partition coefficient (Wildman–Crippen LogP) is 1.86. The van der Waals surface area contributed by atoms with Crippen LogP contribution in [0, 0.1) is 0 Å². The molecule has 3 aliphatic heterocycles. The first-order valence-corrected chi connectivity index (χ1v) is 8.86. The second-order valence-corrected chi connectivity index (χ2v) is 7.35. The van der Waals surface area contributed by atoms with Crippen LogP contribution in [0.25, 0.3) is 0 Å². The van der Waals surface area contributed by atoms with E-state index in [4.69, 9.17) is 0 Å². The van der Waals surface area contributed by atoms with E-state index < -0.39 is 5.54 Å². The first kappa shape index (κ1) is 15.6. The maximum atomic E-state index is 12.8. The van der Waals surface area contributed by atoms with Gasteiger partial charge in [-0.25, -0.2) is 4.79 Å². The number of hydrogen-bond donors (Lipinski definition) is 0. The molecule has 1 aromatic heterocycles. The molecule has 0 N–H and O–H groups in total. The van der Waals surface area contributed by atoms with Crippen molar-refractivity contribution in [3.05, 3.63) is 30.1 Å². The summed E-state index contributed by atoms with van der Waals surface area (Å²) in [6.07, 6.45) is 7.11. The van der Waals surface area contributed by atoms with Crippen LogP contribution in [0.2, 0.25) is 0 Å². The van der Waals surface area contributed by atoms with Crippen molar-refractivity contribution >= 4 is 11.9 Å². The lowest BCUT2D eigenvalue weighted by atomic mass is 9.97. The molecule has 4 rings (SSSR count). The minimum atomic E-state index is -0.578. The molecule has 4 heterocycles. The number of pyridine rings is 1. The van der Waals surface area contributed by atoms with Crippen LogP contribution in [-0.2, 0) is 11.3 Å². The topological polar surface area (TPSA) is 56.8 Å². The molecule has 1 aromatic rings. The van der Waals surface area contributed by atoms with Crippen LogP contribution in [-0.4, -0.2) is 62.8 Å². The van der Waals surface area contributed by atoms with Crippen molar-refractivity contribution in [1.29, 1.82) is 0 Å². The van der Waals surface area contributed by atoms with E-state index in [-0.39, 0.29) is 18.0 Å². The van der Waals surface area contributed by atoms with Crippen molar-refractivity contribution in [1.82, 2.24) is 19.7 Å². The molecule has 0 spiro atoms. The normalized spacial score (nSPS) is 28.7. The molecule has 0 aromatic carbocycles. The van der Waals surface area contributed by atoms with Crippen LogP contribution in [0.15, 0.2) is 24.5 Å². The summed E-state index contributed by atoms with van der Waals surface area (Å²) in [4.78, 5) is 35.3. The van der Waals surface area contributed by atoms with Crippen molar-refractivity contribution in [3.63, 3.8) is 0 Å². The fourth-order valence-corrected chi connectivity index (χ4v) is 4.37. The Balaban J connectivity index is 1.40. The third-order valence-electron chi connectivity index (χ3n) is 5.84. The van der Waals surface area contributed by atoms with Gasteiger partial charge in [-0.3, -0.25) is 19.6 Å². The highest BCUT2D eigenvalue weighted by Crippen LogP contribution is 2.39. The van der Waals surface area contributed by atoms with Gasteiger partial charge in [0.25, 0.3) is 5.91 Å². The van der Waals surface area contributed by atoms with Gasteiger partial charge in [-0.1, -0.05) is 0 Å². The summed E-state index contributed by atoms with van der Waals surface area (Å²) in [5.74, 6) is 0.0255. The number of fused-ring (bicyclic) bond motifs is 1. The van der Waals surface area contributed by atoms with Crippen LogP contribution < -0.4 is 0 Å². The van der Waals surface area contributed by atoms with Gasteiger partial charge >= 0.3 is 6.03 Å². The van der Waals surface area contributed by atoms with E-state index in [2.05, 4.69) is 9.88 Å². The van der Waals surface area contributed by atoms with Gasteiger partial charge in [-0.15, -0.1) is 0 Å². The number of likely N-dealkylation sites (tertiary alicyclic amines) is 1. The molecule has 0 aliphatic carbocycles. The van der Waals surface area contributed by atoms with Crippen LogP contribution in [0.5, 0.6) is 0 Å². The molecule has 6 nitrogen and oxygen atoms in total. The van der Waals surface area contributed by atoms with Gasteiger partial charge in [0.05, 0.1) is 0 Å². The summed E-state index contributed by atoms with van der Waals surface area (Å²) in [7, 11) is 0. The highest BCUT2D eigenvalue weighted by Gasteiger charge is 2.57. The maximum Gasteiger partial charge on any atom is 0.327 e. The average Bonchev–Trinajstić information content (AvgIpc) is 3.07. The number of rotatable bonds is 3. The van der Waals surface area contributed by atoms with Crippen LogP contribution in [0.1, 0.15) is 38.2 Å². The Kier molecular flexibility index (Phi) is 3.79. The van der Waals surface area contributed by atoms with Gasteiger partial charge in [-0.05, 0) is 50.3 Å². The number of aromatic nitrogens is 1. The number of amides is 3. The van der Waals surface area contributed by atoms with Gasteiger partial charge in [0.2, 0.25) is 0 Å². The highest BCUT2D eigenvalue weighted by atomic mass is 16.2. The molecule has 3 saturated heterocycles. The zero-order valence-corrected chi connectivity index (χ0v) is 14.1. The number of hydrogen-bond acceptors (Lipinski definition) is 4. The first-order valence-electron chi connectivity index (χ1n) is 8.86. The Morgan fingerprint density at radius 1 is 1.17 bits per heavy atom. The molecular formula is C18H24N4O2. The lowest BCUT2D eigenvalue weighted by Crippen LogP contribution is -2.48. The Labute approximate surface area is 142 Å². The standard InChI is InChI=1S/C18H24N4O2/c1-18-7-2-10-21(18)17(24)22(16(18)23)15-5-11-20(12-6-15)13-14-3-8-19-9-4-14/h3-4,8-9,15H,2,5-7,10-13H2,1H3/t18-/m0/s1. The van der Waals surface area contributed by atoms with E-state index in [1.165, 1.54) is 5.56 Å². The molecule has 3 fully saturated rings. The Morgan fingerprint density at radius 3 is 2.54 bits per heavy atom. The number of nitrogens with zero attached hydrogens (tertiary/aromatic N) is 4. The number of imide groups is 1. The molecule has 0 bridgehead atoms. The zero-order chi connectivity index (χ0) is 16.7. The van der Waals surface area contributed by atoms with Crippen LogP contribution in [0.4, 0.5) is 4.79 Å². The number of carbonyl (C=O) groups is 2. The monoisotopic (exact) mass is 328 g/mol. The van der Waals surface area contributed by atoms with E-state index in [1.54, 1.807) is 9.80 Å². The average molecular weight is 328 g/mol. The lowest BCUT2D eigenvalue weighted by Gasteiger charge is -2.35. The van der Waals surface area contributed by atoms with Gasteiger partial charge in [0.1, 0.15) is 5.54 Å². The van der Waals surface area contributed by atoms with E-state index in [0.29, 0.717) is 0 Å². The Bertz CT molecular complexity index is 642. The summed E-state index contributed by atoms with van der Waals surface area (Å²) in [6, 6.07) is 4.07. The number of carbonyl (C=O) groups excluding carboxylic acids is 2. The fraction of sp³-hybridized carbons (Fsp3) is 0.611. The van der Waals surface area contributed by atoms with Gasteiger partial charge < -0.3 is 4.90 Å². The molecule has 24 heavy (non-hydrogen) atoms. The lowest BCUT2D eigenvalue weighted by molar-refractivity contribution is -0.134. The summed E-state index contributed by atoms with van der Waals surface area (Å²) in [6.45, 7) is 5.39. The molecule has 3 aliphatic rings. The molecule has 0 radical (unpaired) electrons. The van der Waals surface area contributed by atoms with Crippen LogP contribution in [0.3, 0.4) is 0 Å². The summed E-state index contributed by atoms with van der Waals surface area (Å²) in [5, 5.41) is 0. The molecule has 3 amide bonds. The molecule has 0 unspecified atom stereocenters. The number of piperidine rings is 1. The fourth-order valence-electron chi connectivity index (χ4n) is 4.37. The highest BCUT2D eigenvalue weighted by molar-refractivity contribution is 6.07. The van der Waals surface area contributed by atoms with Crippen molar-refractivity contribution in [2.75, 3.05) is 19.6 Å². The maximum absolute atomic E-state index is 12.8. The van der Waals surface area contributed by atoms with Crippen molar-refractivity contribution in [2.24, 2.45) is 0 Å². The Morgan fingerprint density at radius 2 is 1.88 bits per heavy atom. The molecule has 1 atom stereocenters. The van der Waals surface area contributed by atoms with Crippen molar-refractivity contribution < 1.29 is 9.59 Å². The molecular weight excluding hydrogens is 304 g/mol. The van der Waals surface area contributed by atoms with E-state index in [9.17, 15) is 9.59 Å². The zero-order valence-electron chi connectivity index (χ0n) is 14.1. The van der Waals surface area contributed by atoms with Crippen molar-refractivity contribution in [2.45, 2.75) is 50.7 Å². The quantitative estimate of drug-likeness (QED) is 0.795. The van der Waals surface area contributed by atoms with Crippen LogP contribution >= 0.6 is 0 Å². The number of urea groups is 1. The van der Waals surface area contributed by atoms with Gasteiger partial charge in [0, 0.05) is 44.6 Å². The minimum absolute atomic E-state index is 0.0255. The molecule has 128 valence electrons. The van der Waals surface area contributed by atoms with E-state index >= 15 is 0 Å². The summed E-state index contributed by atoms with van der Waals surface area (Å²) in [5.41, 5.74) is 0.676. The molecule has 6 heteroatoms. The van der Waals surface area contributed by atoms with E-state index in [1.807, 2.05) is 31.5 Å². The smallest absolute Gasteiger partial charge is 0.310 e. The second-order valence-electron chi connectivity index (χ2n) is 7.35. The second kappa shape index (κ2) is 5.84. The minimum Gasteiger partial charge on any atom is -0.310 e. The first-order chi connectivity index (χ1) is 11.6. The summed E-state index contributed by atoms with van der Waals surface area (Å²) >= 11 is 0.